The number of aromatic nitrogens is 1. The second-order valence-corrected chi connectivity index (χ2v) is 4.30. The van der Waals surface area contributed by atoms with Crippen LogP contribution in [0.4, 0.5) is 4.39 Å². The van der Waals surface area contributed by atoms with E-state index in [1.54, 1.807) is 0 Å². The van der Waals surface area contributed by atoms with Crippen LogP contribution in [0.2, 0.25) is 0 Å². The zero-order valence-electron chi connectivity index (χ0n) is 8.93. The minimum atomic E-state index is -1.14. The third-order valence-corrected chi connectivity index (χ3v) is 2.54. The fraction of sp³-hybridized carbons (Fsp3) is 0. The molecule has 1 aromatic carbocycles. The maximum atomic E-state index is 13.1. The molecule has 0 bridgehead atoms. The highest BCUT2D eigenvalue weighted by Gasteiger charge is 2.12. The Kier molecular flexibility index (Phi) is 3.57. The first-order valence-electron chi connectivity index (χ1n) is 4.87. The average Bonchev–Trinajstić information content (AvgIpc) is 2.27. The number of carboxylic acid groups (broad SMARTS) is 1. The van der Waals surface area contributed by atoms with E-state index < -0.39 is 11.8 Å². The van der Waals surface area contributed by atoms with E-state index >= 15 is 0 Å². The third kappa shape index (κ3) is 2.84. The molecule has 0 aliphatic heterocycles. The lowest BCUT2D eigenvalue weighted by Crippen LogP contribution is -2.00. The van der Waals surface area contributed by atoms with E-state index in [-0.39, 0.29) is 17.1 Å². The summed E-state index contributed by atoms with van der Waals surface area (Å²) in [6.07, 6.45) is 2.61. The Morgan fingerprint density at radius 3 is 2.83 bits per heavy atom. The number of pyridine rings is 1. The third-order valence-electron chi connectivity index (χ3n) is 2.08. The van der Waals surface area contributed by atoms with Gasteiger partial charge in [0.05, 0.1) is 6.20 Å². The van der Waals surface area contributed by atoms with E-state index in [2.05, 4.69) is 20.9 Å². The second-order valence-electron chi connectivity index (χ2n) is 3.38. The van der Waals surface area contributed by atoms with Crippen LogP contribution < -0.4 is 4.74 Å². The highest BCUT2D eigenvalue weighted by atomic mass is 79.9. The molecule has 0 saturated carbocycles. The Balaban J connectivity index is 2.37. The number of rotatable bonds is 3. The summed E-state index contributed by atoms with van der Waals surface area (Å²) in [5, 5.41) is 8.96. The molecule has 18 heavy (non-hydrogen) atoms. The molecule has 0 saturated heterocycles. The van der Waals surface area contributed by atoms with Crippen LogP contribution in [0.5, 0.6) is 11.5 Å². The molecule has 0 spiro atoms. The maximum Gasteiger partial charge on any atom is 0.339 e. The molecule has 0 aliphatic carbocycles. The van der Waals surface area contributed by atoms with E-state index in [1.807, 2.05) is 0 Å². The highest BCUT2D eigenvalue weighted by Crippen LogP contribution is 2.27. The van der Waals surface area contributed by atoms with Crippen molar-refractivity contribution in [2.75, 3.05) is 0 Å². The van der Waals surface area contributed by atoms with Gasteiger partial charge in [-0.3, -0.25) is 4.98 Å². The average molecular weight is 312 g/mol. The molecule has 92 valence electrons. The van der Waals surface area contributed by atoms with E-state index in [1.165, 1.54) is 30.6 Å². The first-order valence-corrected chi connectivity index (χ1v) is 5.67. The zero-order chi connectivity index (χ0) is 13.1. The normalized spacial score (nSPS) is 10.1. The van der Waals surface area contributed by atoms with Crippen molar-refractivity contribution in [2.45, 2.75) is 0 Å². The quantitative estimate of drug-likeness (QED) is 0.943. The maximum absolute atomic E-state index is 13.1. The molecule has 1 heterocycles. The van der Waals surface area contributed by atoms with E-state index in [0.29, 0.717) is 4.47 Å². The monoisotopic (exact) mass is 311 g/mol. The van der Waals surface area contributed by atoms with Crippen LogP contribution in [-0.4, -0.2) is 16.1 Å². The van der Waals surface area contributed by atoms with Crippen LogP contribution in [0.25, 0.3) is 0 Å². The lowest BCUT2D eigenvalue weighted by Gasteiger charge is -2.08. The van der Waals surface area contributed by atoms with Crippen molar-refractivity contribution in [2.24, 2.45) is 0 Å². The van der Waals surface area contributed by atoms with Crippen LogP contribution in [0.3, 0.4) is 0 Å². The van der Waals surface area contributed by atoms with Gasteiger partial charge in [0.2, 0.25) is 0 Å². The molecule has 0 radical (unpaired) electrons. The van der Waals surface area contributed by atoms with Crippen molar-refractivity contribution in [3.05, 3.63) is 52.5 Å². The molecule has 2 aromatic rings. The summed E-state index contributed by atoms with van der Waals surface area (Å²) in [5.41, 5.74) is -0.0367. The van der Waals surface area contributed by atoms with Gasteiger partial charge in [0.1, 0.15) is 17.1 Å². The van der Waals surface area contributed by atoms with Crippen molar-refractivity contribution in [1.82, 2.24) is 4.98 Å². The number of carbonyl (C=O) groups is 1. The van der Waals surface area contributed by atoms with Crippen molar-refractivity contribution >= 4 is 21.9 Å². The van der Waals surface area contributed by atoms with Gasteiger partial charge in [-0.25, -0.2) is 9.18 Å². The number of aromatic carboxylic acids is 1. The summed E-state index contributed by atoms with van der Waals surface area (Å²) >= 11 is 3.12. The lowest BCUT2D eigenvalue weighted by molar-refractivity contribution is 0.0694. The number of carboxylic acids is 1. The molecule has 0 aliphatic rings. The van der Waals surface area contributed by atoms with Gasteiger partial charge in [-0.2, -0.15) is 0 Å². The number of halogens is 2. The highest BCUT2D eigenvalue weighted by molar-refractivity contribution is 9.10. The fourth-order valence-corrected chi connectivity index (χ4v) is 1.80. The summed E-state index contributed by atoms with van der Waals surface area (Å²) in [6.45, 7) is 0. The summed E-state index contributed by atoms with van der Waals surface area (Å²) in [7, 11) is 0. The molecule has 0 atom stereocenters. The van der Waals surface area contributed by atoms with E-state index in [9.17, 15) is 9.18 Å². The number of ether oxygens (including phenoxy) is 1. The number of hydrogen-bond donors (Lipinski definition) is 1. The van der Waals surface area contributed by atoms with Crippen LogP contribution in [0.1, 0.15) is 10.4 Å². The van der Waals surface area contributed by atoms with Gasteiger partial charge >= 0.3 is 5.97 Å². The van der Waals surface area contributed by atoms with Crippen molar-refractivity contribution in [3.8, 4) is 11.5 Å². The lowest BCUT2D eigenvalue weighted by atomic mass is 10.2. The van der Waals surface area contributed by atoms with Gasteiger partial charge < -0.3 is 9.84 Å². The van der Waals surface area contributed by atoms with Gasteiger partial charge in [-0.15, -0.1) is 0 Å². The van der Waals surface area contributed by atoms with Gasteiger partial charge in [-0.05, 0) is 18.2 Å². The van der Waals surface area contributed by atoms with E-state index in [0.717, 1.165) is 6.07 Å². The Morgan fingerprint density at radius 1 is 1.39 bits per heavy atom. The molecule has 6 heteroatoms. The molecule has 2 rings (SSSR count). The molecular weight excluding hydrogens is 305 g/mol. The zero-order valence-corrected chi connectivity index (χ0v) is 10.5. The summed E-state index contributed by atoms with van der Waals surface area (Å²) in [6, 6.07) is 5.27. The van der Waals surface area contributed by atoms with Crippen LogP contribution >= 0.6 is 15.9 Å². The second kappa shape index (κ2) is 5.14. The number of hydrogen-bond acceptors (Lipinski definition) is 3. The largest absolute Gasteiger partial charge is 0.478 e. The molecular formula is C12H7BrFNO3. The summed E-state index contributed by atoms with van der Waals surface area (Å²) in [4.78, 5) is 14.7. The predicted octanol–water partition coefficient (Wildman–Crippen LogP) is 3.47. The predicted molar refractivity (Wildman–Crippen MR) is 65.4 cm³/mol. The van der Waals surface area contributed by atoms with Crippen LogP contribution in [0.15, 0.2) is 41.1 Å². The molecule has 1 N–H and O–H groups in total. The SMILES string of the molecule is O=C(O)c1ccncc1Oc1cc(F)cc(Br)c1. The standard InChI is InChI=1S/C12H7BrFNO3/c13-7-3-8(14)5-9(4-7)18-11-6-15-2-1-10(11)12(16)17/h1-6H,(H,16,17). The molecule has 0 fully saturated rings. The number of benzene rings is 1. The summed E-state index contributed by atoms with van der Waals surface area (Å²) in [5.74, 6) is -1.37. The van der Waals surface area contributed by atoms with Gasteiger partial charge in [0.25, 0.3) is 0 Å². The van der Waals surface area contributed by atoms with Gasteiger partial charge in [0.15, 0.2) is 5.75 Å². The number of nitrogens with zero attached hydrogens (tertiary/aromatic N) is 1. The molecule has 0 unspecified atom stereocenters. The van der Waals surface area contributed by atoms with Crippen LogP contribution in [0, 0.1) is 5.82 Å². The Bertz CT molecular complexity index is 583. The van der Waals surface area contributed by atoms with Crippen LogP contribution in [-0.2, 0) is 0 Å². The van der Waals surface area contributed by atoms with Crippen molar-refractivity contribution in [1.29, 1.82) is 0 Å². The summed E-state index contributed by atoms with van der Waals surface area (Å²) < 4.78 is 19.0. The first-order chi connectivity index (χ1) is 8.56. The van der Waals surface area contributed by atoms with Gasteiger partial charge in [-0.1, -0.05) is 15.9 Å². The minimum Gasteiger partial charge on any atom is -0.478 e. The first kappa shape index (κ1) is 12.5. The minimum absolute atomic E-state index is 0.0367. The molecule has 1 aromatic heterocycles. The Morgan fingerprint density at radius 2 is 2.17 bits per heavy atom. The topological polar surface area (TPSA) is 59.4 Å². The Hall–Kier alpha value is -1.95. The van der Waals surface area contributed by atoms with Crippen molar-refractivity contribution < 1.29 is 19.0 Å². The fourth-order valence-electron chi connectivity index (χ4n) is 1.35. The molecule has 4 nitrogen and oxygen atoms in total. The van der Waals surface area contributed by atoms with Crippen molar-refractivity contribution in [3.63, 3.8) is 0 Å². The van der Waals surface area contributed by atoms with E-state index in [4.69, 9.17) is 9.84 Å². The van der Waals surface area contributed by atoms with Gasteiger partial charge in [0, 0.05) is 16.7 Å². The Labute approximate surface area is 110 Å². The molecule has 0 amide bonds. The smallest absolute Gasteiger partial charge is 0.339 e.